The Labute approximate surface area is 136 Å². The quantitative estimate of drug-likeness (QED) is 0.902. The predicted molar refractivity (Wildman–Crippen MR) is 89.5 cm³/mol. The van der Waals surface area contributed by atoms with Crippen LogP contribution in [0.3, 0.4) is 0 Å². The zero-order valence-electron chi connectivity index (χ0n) is 13.0. The molecule has 2 aromatic carbocycles. The summed E-state index contributed by atoms with van der Waals surface area (Å²) >= 11 is 6.18. The molecule has 0 aliphatic heterocycles. The monoisotopic (exact) mass is 317 g/mol. The van der Waals surface area contributed by atoms with E-state index in [0.717, 1.165) is 16.7 Å². The third-order valence-electron chi connectivity index (χ3n) is 3.62. The zero-order chi connectivity index (χ0) is 16.1. The average molecular weight is 318 g/mol. The zero-order valence-corrected chi connectivity index (χ0v) is 13.8. The Bertz CT molecular complexity index is 670. The van der Waals surface area contributed by atoms with Gasteiger partial charge in [-0.2, -0.15) is 0 Å². The molecule has 0 radical (unpaired) electrons. The molecule has 0 aliphatic carbocycles. The van der Waals surface area contributed by atoms with Crippen molar-refractivity contribution < 1.29 is 9.53 Å². The van der Waals surface area contributed by atoms with Gasteiger partial charge >= 0.3 is 0 Å². The maximum absolute atomic E-state index is 12.4. The van der Waals surface area contributed by atoms with Crippen molar-refractivity contribution in [1.82, 2.24) is 5.32 Å². The number of halogens is 1. The Morgan fingerprint density at radius 2 is 1.95 bits per heavy atom. The lowest BCUT2D eigenvalue weighted by molar-refractivity contribution is 0.0827. The Morgan fingerprint density at radius 3 is 2.64 bits per heavy atom. The molecule has 0 aliphatic rings. The molecule has 1 N–H and O–H groups in total. The maximum atomic E-state index is 12.4. The highest BCUT2D eigenvalue weighted by molar-refractivity contribution is 6.31. The van der Waals surface area contributed by atoms with Gasteiger partial charge in [-0.1, -0.05) is 47.5 Å². The van der Waals surface area contributed by atoms with Crippen LogP contribution in [0, 0.1) is 13.8 Å². The lowest BCUT2D eigenvalue weighted by Crippen LogP contribution is -2.29. The van der Waals surface area contributed by atoms with Crippen molar-refractivity contribution in [1.29, 1.82) is 0 Å². The van der Waals surface area contributed by atoms with Crippen LogP contribution >= 0.6 is 11.6 Å². The Morgan fingerprint density at radius 1 is 1.23 bits per heavy atom. The number of rotatable bonds is 5. The number of benzene rings is 2. The van der Waals surface area contributed by atoms with Crippen molar-refractivity contribution in [2.75, 3.05) is 13.7 Å². The fourth-order valence-electron chi connectivity index (χ4n) is 2.32. The molecule has 1 atom stereocenters. The summed E-state index contributed by atoms with van der Waals surface area (Å²) in [5, 5.41) is 3.56. The van der Waals surface area contributed by atoms with E-state index >= 15 is 0 Å². The highest BCUT2D eigenvalue weighted by Crippen LogP contribution is 2.24. The molecule has 4 heteroatoms. The first kappa shape index (κ1) is 16.5. The second kappa shape index (κ2) is 7.43. The predicted octanol–water partition coefficient (Wildman–Crippen LogP) is 4.07. The summed E-state index contributed by atoms with van der Waals surface area (Å²) in [6.07, 6.45) is -0.275. The fourth-order valence-corrected chi connectivity index (χ4v) is 2.57. The van der Waals surface area contributed by atoms with E-state index in [4.69, 9.17) is 16.3 Å². The van der Waals surface area contributed by atoms with Crippen LogP contribution in [0.1, 0.15) is 33.2 Å². The molecule has 3 nitrogen and oxygen atoms in total. The Kier molecular flexibility index (Phi) is 5.58. The first-order chi connectivity index (χ1) is 10.5. The molecule has 1 unspecified atom stereocenters. The maximum Gasteiger partial charge on any atom is 0.251 e. The van der Waals surface area contributed by atoms with Crippen molar-refractivity contribution in [2.24, 2.45) is 0 Å². The number of hydrogen-bond donors (Lipinski definition) is 1. The van der Waals surface area contributed by atoms with Gasteiger partial charge < -0.3 is 10.1 Å². The summed E-state index contributed by atoms with van der Waals surface area (Å²) in [6, 6.07) is 13.3. The molecule has 0 saturated carbocycles. The van der Waals surface area contributed by atoms with Crippen LogP contribution in [-0.4, -0.2) is 19.6 Å². The summed E-state index contributed by atoms with van der Waals surface area (Å²) in [7, 11) is 1.61. The standard InChI is InChI=1S/C18H20ClNO2/c1-12-8-9-13(2)15(10-12)18(21)20-11-17(22-3)14-6-4-5-7-16(14)19/h4-10,17H,11H2,1-3H3,(H,20,21). The first-order valence-electron chi connectivity index (χ1n) is 7.15. The summed E-state index contributed by atoms with van der Waals surface area (Å²) in [5.74, 6) is -0.102. The van der Waals surface area contributed by atoms with Gasteiger partial charge in [0.1, 0.15) is 6.10 Å². The van der Waals surface area contributed by atoms with Crippen molar-refractivity contribution >= 4 is 17.5 Å². The summed E-state index contributed by atoms with van der Waals surface area (Å²) in [6.45, 7) is 4.26. The van der Waals surface area contributed by atoms with Crippen LogP contribution in [0.25, 0.3) is 0 Å². The normalized spacial score (nSPS) is 12.0. The van der Waals surface area contributed by atoms with Gasteiger partial charge in [0.05, 0.1) is 0 Å². The number of hydrogen-bond acceptors (Lipinski definition) is 2. The van der Waals surface area contributed by atoms with Crippen molar-refractivity contribution in [3.8, 4) is 0 Å². The van der Waals surface area contributed by atoms with Crippen molar-refractivity contribution in [3.05, 3.63) is 69.7 Å². The largest absolute Gasteiger partial charge is 0.375 e. The molecule has 0 fully saturated rings. The molecule has 1 amide bonds. The van der Waals surface area contributed by atoms with Gasteiger partial charge in [-0.25, -0.2) is 0 Å². The molecule has 0 heterocycles. The number of methoxy groups -OCH3 is 1. The van der Waals surface area contributed by atoms with Crippen LogP contribution in [-0.2, 0) is 4.74 Å². The lowest BCUT2D eigenvalue weighted by Gasteiger charge is -2.18. The summed E-state index contributed by atoms with van der Waals surface area (Å²) in [4.78, 5) is 12.4. The van der Waals surface area contributed by atoms with E-state index in [-0.39, 0.29) is 12.0 Å². The number of nitrogens with one attached hydrogen (secondary N) is 1. The fraction of sp³-hybridized carbons (Fsp3) is 0.278. The summed E-state index contributed by atoms with van der Waals surface area (Å²) < 4.78 is 5.46. The van der Waals surface area contributed by atoms with Crippen LogP contribution in [0.5, 0.6) is 0 Å². The van der Waals surface area contributed by atoms with Crippen LogP contribution in [0.2, 0.25) is 5.02 Å². The van der Waals surface area contributed by atoms with Gasteiger partial charge in [0.25, 0.3) is 5.91 Å². The Balaban J connectivity index is 2.09. The molecule has 0 bridgehead atoms. The number of aryl methyl sites for hydroxylation is 2. The molecule has 2 aromatic rings. The van der Waals surface area contributed by atoms with E-state index < -0.39 is 0 Å². The molecule has 0 spiro atoms. The van der Waals surface area contributed by atoms with E-state index in [1.54, 1.807) is 7.11 Å². The number of carbonyl (C=O) groups is 1. The minimum Gasteiger partial charge on any atom is -0.375 e. The topological polar surface area (TPSA) is 38.3 Å². The average Bonchev–Trinajstić information content (AvgIpc) is 2.51. The SMILES string of the molecule is COC(CNC(=O)c1cc(C)ccc1C)c1ccccc1Cl. The second-order valence-electron chi connectivity index (χ2n) is 5.27. The van der Waals surface area contributed by atoms with Gasteiger partial charge in [0.15, 0.2) is 0 Å². The first-order valence-corrected chi connectivity index (χ1v) is 7.53. The van der Waals surface area contributed by atoms with E-state index in [0.29, 0.717) is 17.1 Å². The molecule has 116 valence electrons. The van der Waals surface area contributed by atoms with E-state index in [1.807, 2.05) is 56.3 Å². The lowest BCUT2D eigenvalue weighted by atomic mass is 10.0. The number of carbonyl (C=O) groups excluding carboxylic acids is 1. The molecular formula is C18H20ClNO2. The highest BCUT2D eigenvalue weighted by Gasteiger charge is 2.16. The second-order valence-corrected chi connectivity index (χ2v) is 5.68. The van der Waals surface area contributed by atoms with Crippen molar-refractivity contribution in [2.45, 2.75) is 20.0 Å². The van der Waals surface area contributed by atoms with Gasteiger partial charge in [0.2, 0.25) is 0 Å². The minimum absolute atomic E-state index is 0.102. The van der Waals surface area contributed by atoms with Crippen LogP contribution in [0.15, 0.2) is 42.5 Å². The summed E-state index contributed by atoms with van der Waals surface area (Å²) in [5.41, 5.74) is 3.57. The number of ether oxygens (including phenoxy) is 1. The van der Waals surface area contributed by atoms with Gasteiger partial charge in [-0.05, 0) is 31.5 Å². The van der Waals surface area contributed by atoms with Crippen LogP contribution < -0.4 is 5.32 Å². The van der Waals surface area contributed by atoms with Gasteiger partial charge in [0, 0.05) is 29.8 Å². The molecule has 22 heavy (non-hydrogen) atoms. The third-order valence-corrected chi connectivity index (χ3v) is 3.97. The molecule has 0 saturated heterocycles. The van der Waals surface area contributed by atoms with E-state index in [9.17, 15) is 4.79 Å². The number of amides is 1. The van der Waals surface area contributed by atoms with Crippen molar-refractivity contribution in [3.63, 3.8) is 0 Å². The van der Waals surface area contributed by atoms with Gasteiger partial charge in [-0.3, -0.25) is 4.79 Å². The Hall–Kier alpha value is -1.84. The van der Waals surface area contributed by atoms with E-state index in [1.165, 1.54) is 0 Å². The highest BCUT2D eigenvalue weighted by atomic mass is 35.5. The minimum atomic E-state index is -0.275. The third kappa shape index (κ3) is 3.87. The van der Waals surface area contributed by atoms with Crippen LogP contribution in [0.4, 0.5) is 0 Å². The van der Waals surface area contributed by atoms with E-state index in [2.05, 4.69) is 5.32 Å². The smallest absolute Gasteiger partial charge is 0.251 e. The van der Waals surface area contributed by atoms with Gasteiger partial charge in [-0.15, -0.1) is 0 Å². The molecule has 2 rings (SSSR count). The molecular weight excluding hydrogens is 298 g/mol. The molecule has 0 aromatic heterocycles.